The average molecular weight is 359 g/mol. The Kier molecular flexibility index (Phi) is 4.20. The lowest BCUT2D eigenvalue weighted by atomic mass is 9.96. The molecule has 7 heteroatoms. The van der Waals surface area contributed by atoms with Crippen LogP contribution in [0, 0.1) is 5.92 Å². The van der Waals surface area contributed by atoms with Crippen molar-refractivity contribution in [3.8, 4) is 0 Å². The summed E-state index contributed by atoms with van der Waals surface area (Å²) in [5.74, 6) is 0.103. The molecule has 4 rings (SSSR count). The van der Waals surface area contributed by atoms with Gasteiger partial charge < -0.3 is 5.32 Å². The third-order valence-corrected chi connectivity index (χ3v) is 6.32. The van der Waals surface area contributed by atoms with E-state index < -0.39 is 0 Å². The quantitative estimate of drug-likeness (QED) is 0.776. The molecule has 3 heterocycles. The Balaban J connectivity index is 1.64. The van der Waals surface area contributed by atoms with Crippen LogP contribution < -0.4 is 10.9 Å². The summed E-state index contributed by atoms with van der Waals surface area (Å²) < 4.78 is 1.43. The second-order valence-electron chi connectivity index (χ2n) is 6.04. The van der Waals surface area contributed by atoms with E-state index in [2.05, 4.69) is 16.4 Å². The molecule has 124 valence electrons. The Labute approximate surface area is 147 Å². The zero-order chi connectivity index (χ0) is 16.5. The van der Waals surface area contributed by atoms with Crippen molar-refractivity contribution in [3.05, 3.63) is 56.1 Å². The molecule has 0 saturated heterocycles. The van der Waals surface area contributed by atoms with Crippen LogP contribution in [0.15, 0.2) is 40.1 Å². The van der Waals surface area contributed by atoms with Gasteiger partial charge in [0.1, 0.15) is 5.56 Å². The van der Waals surface area contributed by atoms with Crippen molar-refractivity contribution in [2.75, 3.05) is 0 Å². The standard InChI is InChI=1S/C17H17N3O2S2/c21-15(12-10-18-17-20(16(12)22)7-9-24-17)19-14(11-4-1-2-5-11)13-6-3-8-23-13/h3,6-11,14H,1-2,4-5H2,(H,19,21)/t14-/m0/s1. The number of amides is 1. The molecule has 0 bridgehead atoms. The Hall–Kier alpha value is -1.99. The highest BCUT2D eigenvalue weighted by Gasteiger charge is 2.29. The van der Waals surface area contributed by atoms with Crippen molar-refractivity contribution in [1.29, 1.82) is 0 Å². The highest BCUT2D eigenvalue weighted by Crippen LogP contribution is 2.37. The minimum atomic E-state index is -0.335. The molecular weight excluding hydrogens is 342 g/mol. The van der Waals surface area contributed by atoms with Crippen molar-refractivity contribution in [2.24, 2.45) is 5.92 Å². The largest absolute Gasteiger partial charge is 0.344 e. The number of nitrogens with zero attached hydrogens (tertiary/aromatic N) is 2. The first-order chi connectivity index (χ1) is 11.7. The number of hydrogen-bond acceptors (Lipinski definition) is 5. The molecule has 1 amide bonds. The molecule has 1 aliphatic rings. The first-order valence-electron chi connectivity index (χ1n) is 8.03. The minimum absolute atomic E-state index is 0.0254. The van der Waals surface area contributed by atoms with Crippen LogP contribution in [-0.4, -0.2) is 15.3 Å². The molecule has 24 heavy (non-hydrogen) atoms. The number of carbonyl (C=O) groups is 1. The second-order valence-corrected chi connectivity index (χ2v) is 7.90. The Morgan fingerprint density at radius 2 is 2.12 bits per heavy atom. The number of carbonyl (C=O) groups excluding carboxylic acids is 1. The van der Waals surface area contributed by atoms with Crippen LogP contribution in [0.25, 0.3) is 4.96 Å². The fourth-order valence-electron chi connectivity index (χ4n) is 3.38. The van der Waals surface area contributed by atoms with Crippen LogP contribution in [0.2, 0.25) is 0 Å². The van der Waals surface area contributed by atoms with E-state index in [9.17, 15) is 9.59 Å². The molecule has 0 aromatic carbocycles. The number of thiazole rings is 1. The lowest BCUT2D eigenvalue weighted by molar-refractivity contribution is 0.0920. The fourth-order valence-corrected chi connectivity index (χ4v) is 4.92. The van der Waals surface area contributed by atoms with E-state index in [1.54, 1.807) is 22.9 Å². The first kappa shape index (κ1) is 15.5. The highest BCUT2D eigenvalue weighted by atomic mass is 32.1. The lowest BCUT2D eigenvalue weighted by Crippen LogP contribution is -2.36. The van der Waals surface area contributed by atoms with Gasteiger partial charge in [-0.1, -0.05) is 18.9 Å². The maximum Gasteiger partial charge on any atom is 0.271 e. The number of thiophene rings is 1. The van der Waals surface area contributed by atoms with Gasteiger partial charge in [0.15, 0.2) is 4.96 Å². The van der Waals surface area contributed by atoms with E-state index in [1.807, 2.05) is 11.4 Å². The van der Waals surface area contributed by atoms with Crippen LogP contribution in [0.1, 0.15) is 47.0 Å². The number of hydrogen-bond donors (Lipinski definition) is 1. The first-order valence-corrected chi connectivity index (χ1v) is 9.79. The van der Waals surface area contributed by atoms with Gasteiger partial charge in [-0.25, -0.2) is 4.98 Å². The molecule has 3 aromatic rings. The molecule has 3 aromatic heterocycles. The van der Waals surface area contributed by atoms with E-state index in [4.69, 9.17) is 0 Å². The number of rotatable bonds is 4. The van der Waals surface area contributed by atoms with Crippen LogP contribution in [0.4, 0.5) is 0 Å². The number of aromatic nitrogens is 2. The molecule has 5 nitrogen and oxygen atoms in total. The van der Waals surface area contributed by atoms with Crippen molar-refractivity contribution >= 4 is 33.5 Å². The third kappa shape index (κ3) is 2.78. The van der Waals surface area contributed by atoms with Gasteiger partial charge in [-0.3, -0.25) is 14.0 Å². The molecule has 0 radical (unpaired) electrons. The zero-order valence-electron chi connectivity index (χ0n) is 13.0. The van der Waals surface area contributed by atoms with Gasteiger partial charge in [0.05, 0.1) is 6.04 Å². The van der Waals surface area contributed by atoms with Crippen molar-refractivity contribution in [3.63, 3.8) is 0 Å². The summed E-state index contributed by atoms with van der Waals surface area (Å²) in [7, 11) is 0. The predicted molar refractivity (Wildman–Crippen MR) is 95.8 cm³/mol. The Morgan fingerprint density at radius 3 is 2.88 bits per heavy atom. The molecule has 0 unspecified atom stereocenters. The molecular formula is C17H17N3O2S2. The maximum absolute atomic E-state index is 12.7. The van der Waals surface area contributed by atoms with Crippen LogP contribution in [0.5, 0.6) is 0 Å². The monoisotopic (exact) mass is 359 g/mol. The summed E-state index contributed by atoms with van der Waals surface area (Å²) >= 11 is 3.03. The van der Waals surface area contributed by atoms with Crippen molar-refractivity contribution < 1.29 is 4.79 Å². The van der Waals surface area contributed by atoms with Crippen LogP contribution in [0.3, 0.4) is 0 Å². The van der Waals surface area contributed by atoms with E-state index in [1.165, 1.54) is 34.8 Å². The summed E-state index contributed by atoms with van der Waals surface area (Å²) in [5, 5.41) is 6.91. The summed E-state index contributed by atoms with van der Waals surface area (Å²) in [6.07, 6.45) is 7.68. The molecule has 0 aliphatic heterocycles. The molecule has 1 aliphatic carbocycles. The topological polar surface area (TPSA) is 63.5 Å². The number of nitrogens with one attached hydrogen (secondary N) is 1. The molecule has 1 atom stereocenters. The summed E-state index contributed by atoms with van der Waals surface area (Å²) in [6.45, 7) is 0. The average Bonchev–Trinajstić information content (AvgIpc) is 3.34. The third-order valence-electron chi connectivity index (χ3n) is 4.59. The van der Waals surface area contributed by atoms with Gasteiger partial charge in [0.2, 0.25) is 0 Å². The Bertz CT molecular complexity index is 907. The predicted octanol–water partition coefficient (Wildman–Crippen LogP) is 3.48. The van der Waals surface area contributed by atoms with Crippen LogP contribution in [-0.2, 0) is 0 Å². The second kappa shape index (κ2) is 6.49. The normalized spacial score (nSPS) is 16.5. The van der Waals surface area contributed by atoms with Crippen molar-refractivity contribution in [2.45, 2.75) is 31.7 Å². The minimum Gasteiger partial charge on any atom is -0.344 e. The van der Waals surface area contributed by atoms with Crippen LogP contribution >= 0.6 is 22.7 Å². The SMILES string of the molecule is O=C(N[C@H](c1cccs1)C1CCCC1)c1cnc2sccn2c1=O. The molecule has 1 fully saturated rings. The van der Waals surface area contributed by atoms with E-state index in [-0.39, 0.29) is 23.1 Å². The van der Waals surface area contributed by atoms with Gasteiger partial charge in [-0.05, 0) is 30.2 Å². The molecule has 1 saturated carbocycles. The van der Waals surface area contributed by atoms with E-state index >= 15 is 0 Å². The molecule has 1 N–H and O–H groups in total. The molecule has 0 spiro atoms. The fraction of sp³-hybridized carbons (Fsp3) is 0.353. The summed E-state index contributed by atoms with van der Waals surface area (Å²) in [4.78, 5) is 31.2. The maximum atomic E-state index is 12.7. The summed E-state index contributed by atoms with van der Waals surface area (Å²) in [5.41, 5.74) is -0.208. The van der Waals surface area contributed by atoms with Gasteiger partial charge in [-0.2, -0.15) is 0 Å². The van der Waals surface area contributed by atoms with Gasteiger partial charge in [0, 0.05) is 22.7 Å². The van der Waals surface area contributed by atoms with Gasteiger partial charge in [-0.15, -0.1) is 22.7 Å². The van der Waals surface area contributed by atoms with E-state index in [0.29, 0.717) is 10.9 Å². The number of fused-ring (bicyclic) bond motifs is 1. The van der Waals surface area contributed by atoms with E-state index in [0.717, 1.165) is 17.7 Å². The van der Waals surface area contributed by atoms with Crippen molar-refractivity contribution in [1.82, 2.24) is 14.7 Å². The lowest BCUT2D eigenvalue weighted by Gasteiger charge is -2.23. The zero-order valence-corrected chi connectivity index (χ0v) is 14.6. The Morgan fingerprint density at radius 1 is 1.29 bits per heavy atom. The smallest absolute Gasteiger partial charge is 0.271 e. The van der Waals surface area contributed by atoms with Gasteiger partial charge in [0.25, 0.3) is 11.5 Å². The summed E-state index contributed by atoms with van der Waals surface area (Å²) in [6, 6.07) is 4.03. The highest BCUT2D eigenvalue weighted by molar-refractivity contribution is 7.15. The van der Waals surface area contributed by atoms with Gasteiger partial charge >= 0.3 is 0 Å².